The van der Waals surface area contributed by atoms with E-state index in [0.717, 1.165) is 17.7 Å². The van der Waals surface area contributed by atoms with E-state index in [1.54, 1.807) is 24.5 Å². The Bertz CT molecular complexity index is 486. The molecule has 16 heavy (non-hydrogen) atoms. The summed E-state index contributed by atoms with van der Waals surface area (Å²) >= 11 is 0. The van der Waals surface area contributed by atoms with Crippen LogP contribution in [0.5, 0.6) is 0 Å². The van der Waals surface area contributed by atoms with Crippen LogP contribution in [0.2, 0.25) is 0 Å². The summed E-state index contributed by atoms with van der Waals surface area (Å²) in [4.78, 5) is 3.92. The molecule has 1 atom stereocenters. The first-order chi connectivity index (χ1) is 7.68. The molecule has 1 heterocycles. The molecule has 0 aliphatic rings. The Hall–Kier alpha value is -1.81. The summed E-state index contributed by atoms with van der Waals surface area (Å²) < 4.78 is 25.7. The Morgan fingerprint density at radius 1 is 1.06 bits per heavy atom. The van der Waals surface area contributed by atoms with E-state index < -0.39 is 17.7 Å². The van der Waals surface area contributed by atoms with Crippen molar-refractivity contribution in [3.63, 3.8) is 0 Å². The van der Waals surface area contributed by atoms with Gasteiger partial charge in [-0.1, -0.05) is 12.1 Å². The number of rotatable bonds is 2. The summed E-state index contributed by atoms with van der Waals surface area (Å²) in [6.07, 6.45) is 3.23. The lowest BCUT2D eigenvalue weighted by Crippen LogP contribution is -2.12. The van der Waals surface area contributed by atoms with Gasteiger partial charge < -0.3 is 5.73 Å². The zero-order chi connectivity index (χ0) is 11.5. The van der Waals surface area contributed by atoms with Crippen LogP contribution in [0, 0.1) is 11.6 Å². The van der Waals surface area contributed by atoms with E-state index in [1.807, 2.05) is 0 Å². The van der Waals surface area contributed by atoms with Crippen LogP contribution in [-0.2, 0) is 0 Å². The van der Waals surface area contributed by atoms with E-state index in [9.17, 15) is 8.78 Å². The van der Waals surface area contributed by atoms with E-state index in [1.165, 1.54) is 6.07 Å². The van der Waals surface area contributed by atoms with Gasteiger partial charge in [-0.2, -0.15) is 0 Å². The molecule has 0 spiro atoms. The number of aromatic nitrogens is 1. The Labute approximate surface area is 91.7 Å². The van der Waals surface area contributed by atoms with Gasteiger partial charge in [0.15, 0.2) is 11.6 Å². The molecule has 0 amide bonds. The minimum Gasteiger partial charge on any atom is -0.320 e. The van der Waals surface area contributed by atoms with Crippen LogP contribution in [0.15, 0.2) is 42.7 Å². The number of pyridine rings is 1. The zero-order valence-corrected chi connectivity index (χ0v) is 8.40. The molecule has 0 fully saturated rings. The van der Waals surface area contributed by atoms with E-state index >= 15 is 0 Å². The standard InChI is InChI=1S/C12H10F2N2/c13-10-4-3-8(6-11(10)14)12(15)9-2-1-5-16-7-9/h1-7,12H,15H2/t12-/m1/s1. The predicted octanol–water partition coefficient (Wildman–Crippen LogP) is 2.41. The molecule has 1 aromatic carbocycles. The van der Waals surface area contributed by atoms with Gasteiger partial charge in [0.05, 0.1) is 6.04 Å². The van der Waals surface area contributed by atoms with Gasteiger partial charge in [0.1, 0.15) is 0 Å². The quantitative estimate of drug-likeness (QED) is 0.844. The summed E-state index contributed by atoms with van der Waals surface area (Å²) in [6.45, 7) is 0. The summed E-state index contributed by atoms with van der Waals surface area (Å²) in [7, 11) is 0. The number of nitrogens with two attached hydrogens (primary N) is 1. The van der Waals surface area contributed by atoms with Gasteiger partial charge in [0.2, 0.25) is 0 Å². The molecular weight excluding hydrogens is 210 g/mol. The molecule has 0 saturated heterocycles. The number of hydrogen-bond donors (Lipinski definition) is 1. The highest BCUT2D eigenvalue weighted by Crippen LogP contribution is 2.20. The van der Waals surface area contributed by atoms with Crippen molar-refractivity contribution in [1.29, 1.82) is 0 Å². The van der Waals surface area contributed by atoms with Gasteiger partial charge in [-0.25, -0.2) is 8.78 Å². The zero-order valence-electron chi connectivity index (χ0n) is 8.40. The summed E-state index contributed by atoms with van der Waals surface area (Å²) in [6, 6.07) is 6.68. The number of hydrogen-bond acceptors (Lipinski definition) is 2. The van der Waals surface area contributed by atoms with Crippen molar-refractivity contribution in [1.82, 2.24) is 4.98 Å². The van der Waals surface area contributed by atoms with Gasteiger partial charge in [-0.05, 0) is 29.3 Å². The first-order valence-corrected chi connectivity index (χ1v) is 4.79. The van der Waals surface area contributed by atoms with Crippen molar-refractivity contribution in [3.8, 4) is 0 Å². The molecule has 0 radical (unpaired) electrons. The van der Waals surface area contributed by atoms with Crippen molar-refractivity contribution in [2.75, 3.05) is 0 Å². The second kappa shape index (κ2) is 4.37. The van der Waals surface area contributed by atoms with E-state index in [-0.39, 0.29) is 0 Å². The van der Waals surface area contributed by atoms with Crippen molar-refractivity contribution in [2.24, 2.45) is 5.73 Å². The van der Waals surface area contributed by atoms with Crippen LogP contribution in [-0.4, -0.2) is 4.98 Å². The third-order valence-electron chi connectivity index (χ3n) is 2.35. The Morgan fingerprint density at radius 3 is 2.50 bits per heavy atom. The molecule has 2 aromatic rings. The monoisotopic (exact) mass is 220 g/mol. The van der Waals surface area contributed by atoms with E-state index in [0.29, 0.717) is 5.56 Å². The van der Waals surface area contributed by atoms with Crippen LogP contribution < -0.4 is 5.73 Å². The van der Waals surface area contributed by atoms with Crippen LogP contribution >= 0.6 is 0 Å². The second-order valence-electron chi connectivity index (χ2n) is 3.44. The average Bonchev–Trinajstić information content (AvgIpc) is 2.33. The molecular formula is C12H10F2N2. The normalized spacial score (nSPS) is 12.4. The predicted molar refractivity (Wildman–Crippen MR) is 56.6 cm³/mol. The Balaban J connectivity index is 2.34. The third-order valence-corrected chi connectivity index (χ3v) is 2.35. The van der Waals surface area contributed by atoms with Crippen molar-refractivity contribution in [3.05, 3.63) is 65.5 Å². The van der Waals surface area contributed by atoms with Gasteiger partial charge in [0, 0.05) is 12.4 Å². The fraction of sp³-hybridized carbons (Fsp3) is 0.0833. The maximum absolute atomic E-state index is 13.0. The highest BCUT2D eigenvalue weighted by molar-refractivity contribution is 5.30. The fourth-order valence-corrected chi connectivity index (χ4v) is 1.46. The summed E-state index contributed by atoms with van der Waals surface area (Å²) in [5.74, 6) is -1.76. The van der Waals surface area contributed by atoms with Crippen LogP contribution in [0.4, 0.5) is 8.78 Å². The van der Waals surface area contributed by atoms with Gasteiger partial charge in [-0.3, -0.25) is 4.98 Å². The number of nitrogens with zero attached hydrogens (tertiary/aromatic N) is 1. The molecule has 2 nitrogen and oxygen atoms in total. The number of halogens is 2. The second-order valence-corrected chi connectivity index (χ2v) is 3.44. The highest BCUT2D eigenvalue weighted by atomic mass is 19.2. The minimum absolute atomic E-state index is 0.496. The van der Waals surface area contributed by atoms with Crippen molar-refractivity contribution >= 4 is 0 Å². The lowest BCUT2D eigenvalue weighted by atomic mass is 10.0. The minimum atomic E-state index is -0.892. The fourth-order valence-electron chi connectivity index (χ4n) is 1.46. The molecule has 0 unspecified atom stereocenters. The maximum atomic E-state index is 13.0. The maximum Gasteiger partial charge on any atom is 0.159 e. The third kappa shape index (κ3) is 2.06. The smallest absolute Gasteiger partial charge is 0.159 e. The molecule has 2 N–H and O–H groups in total. The average molecular weight is 220 g/mol. The number of benzene rings is 1. The summed E-state index contributed by atoms with van der Waals surface area (Å²) in [5, 5.41) is 0. The van der Waals surface area contributed by atoms with Gasteiger partial charge >= 0.3 is 0 Å². The van der Waals surface area contributed by atoms with E-state index in [4.69, 9.17) is 5.73 Å². The Kier molecular flexibility index (Phi) is 2.92. The molecule has 82 valence electrons. The highest BCUT2D eigenvalue weighted by Gasteiger charge is 2.11. The van der Waals surface area contributed by atoms with Crippen LogP contribution in [0.25, 0.3) is 0 Å². The lowest BCUT2D eigenvalue weighted by molar-refractivity contribution is 0.506. The van der Waals surface area contributed by atoms with Gasteiger partial charge in [-0.15, -0.1) is 0 Å². The van der Waals surface area contributed by atoms with Gasteiger partial charge in [0.25, 0.3) is 0 Å². The SMILES string of the molecule is N[C@@H](c1cccnc1)c1ccc(F)c(F)c1. The first kappa shape index (κ1) is 10.7. The van der Waals surface area contributed by atoms with E-state index in [2.05, 4.69) is 4.98 Å². The molecule has 0 bridgehead atoms. The largest absolute Gasteiger partial charge is 0.320 e. The molecule has 0 saturated carbocycles. The first-order valence-electron chi connectivity index (χ1n) is 4.79. The molecule has 0 aliphatic carbocycles. The van der Waals surface area contributed by atoms with Crippen LogP contribution in [0.1, 0.15) is 17.2 Å². The molecule has 0 aliphatic heterocycles. The Morgan fingerprint density at radius 2 is 1.88 bits per heavy atom. The topological polar surface area (TPSA) is 38.9 Å². The summed E-state index contributed by atoms with van der Waals surface area (Å²) in [5.41, 5.74) is 7.18. The van der Waals surface area contributed by atoms with Crippen molar-refractivity contribution < 1.29 is 8.78 Å². The lowest BCUT2D eigenvalue weighted by Gasteiger charge is -2.11. The molecule has 1 aromatic heterocycles. The molecule has 4 heteroatoms. The molecule has 2 rings (SSSR count). The van der Waals surface area contributed by atoms with Crippen LogP contribution in [0.3, 0.4) is 0 Å². The van der Waals surface area contributed by atoms with Crippen molar-refractivity contribution in [2.45, 2.75) is 6.04 Å².